The van der Waals surface area contributed by atoms with E-state index in [4.69, 9.17) is 17.3 Å². The van der Waals surface area contributed by atoms with Gasteiger partial charge in [-0.25, -0.2) is 4.39 Å². The number of aryl methyl sites for hydroxylation is 1. The minimum Gasteiger partial charge on any atom is -0.383 e. The van der Waals surface area contributed by atoms with E-state index in [1.807, 2.05) is 0 Å². The van der Waals surface area contributed by atoms with Crippen molar-refractivity contribution in [2.24, 2.45) is 11.1 Å². The molecule has 0 fully saturated rings. The fourth-order valence-corrected chi connectivity index (χ4v) is 1.88. The van der Waals surface area contributed by atoms with Gasteiger partial charge in [-0.05, 0) is 43.0 Å². The summed E-state index contributed by atoms with van der Waals surface area (Å²) in [5.41, 5.74) is 6.81. The van der Waals surface area contributed by atoms with Crippen LogP contribution in [0.3, 0.4) is 0 Å². The second kappa shape index (κ2) is 5.69. The number of hydrogen-bond donors (Lipinski definition) is 2. The molecule has 0 heterocycles. The monoisotopic (exact) mass is 258 g/mol. The minimum absolute atomic E-state index is 0.0689. The van der Waals surface area contributed by atoms with Gasteiger partial charge in [0, 0.05) is 6.54 Å². The van der Waals surface area contributed by atoms with Crippen molar-refractivity contribution in [1.29, 1.82) is 0 Å². The number of rotatable bonds is 5. The van der Waals surface area contributed by atoms with Crippen molar-refractivity contribution >= 4 is 17.3 Å². The van der Waals surface area contributed by atoms with Crippen molar-refractivity contribution in [2.75, 3.05) is 18.4 Å². The lowest BCUT2D eigenvalue weighted by atomic mass is 9.89. The molecule has 0 amide bonds. The highest BCUT2D eigenvalue weighted by molar-refractivity contribution is 6.33. The second-order valence-corrected chi connectivity index (χ2v) is 5.54. The van der Waals surface area contributed by atoms with E-state index in [1.165, 1.54) is 6.07 Å². The van der Waals surface area contributed by atoms with Crippen LogP contribution < -0.4 is 11.1 Å². The number of hydrogen-bond acceptors (Lipinski definition) is 2. The first-order chi connectivity index (χ1) is 7.85. The summed E-state index contributed by atoms with van der Waals surface area (Å²) in [6, 6.07) is 3.07. The molecule has 0 spiro atoms. The lowest BCUT2D eigenvalue weighted by Crippen LogP contribution is -2.26. The van der Waals surface area contributed by atoms with Crippen LogP contribution >= 0.6 is 11.6 Å². The molecule has 1 aromatic carbocycles. The van der Waals surface area contributed by atoms with Gasteiger partial charge in [0.1, 0.15) is 5.82 Å². The third kappa shape index (κ3) is 4.17. The van der Waals surface area contributed by atoms with Crippen LogP contribution in [0.25, 0.3) is 0 Å². The van der Waals surface area contributed by atoms with Crippen LogP contribution in [0.15, 0.2) is 12.1 Å². The van der Waals surface area contributed by atoms with Crippen molar-refractivity contribution in [3.05, 3.63) is 28.5 Å². The second-order valence-electron chi connectivity index (χ2n) is 5.14. The number of halogens is 2. The summed E-state index contributed by atoms with van der Waals surface area (Å²) >= 11 is 6.05. The lowest BCUT2D eigenvalue weighted by Gasteiger charge is -2.25. The topological polar surface area (TPSA) is 38.0 Å². The fraction of sp³-hybridized carbons (Fsp3) is 0.538. The van der Waals surface area contributed by atoms with Gasteiger partial charge >= 0.3 is 0 Å². The molecule has 0 bridgehead atoms. The van der Waals surface area contributed by atoms with Gasteiger partial charge in [0.15, 0.2) is 0 Å². The Bertz CT molecular complexity index is 391. The van der Waals surface area contributed by atoms with Crippen LogP contribution in [-0.4, -0.2) is 13.1 Å². The molecular weight excluding hydrogens is 239 g/mol. The SMILES string of the molecule is Cc1cc(Cl)c(NCC(C)(C)CCN)cc1F. The highest BCUT2D eigenvalue weighted by Crippen LogP contribution is 2.27. The molecule has 1 aromatic rings. The van der Waals surface area contributed by atoms with E-state index in [0.717, 1.165) is 6.42 Å². The maximum absolute atomic E-state index is 13.4. The smallest absolute Gasteiger partial charge is 0.128 e. The molecule has 0 saturated heterocycles. The van der Waals surface area contributed by atoms with Crippen molar-refractivity contribution in [3.63, 3.8) is 0 Å². The summed E-state index contributed by atoms with van der Waals surface area (Å²) in [6.45, 7) is 7.29. The van der Waals surface area contributed by atoms with Gasteiger partial charge in [-0.1, -0.05) is 25.4 Å². The molecule has 0 saturated carbocycles. The number of nitrogens with one attached hydrogen (secondary N) is 1. The van der Waals surface area contributed by atoms with Crippen LogP contribution in [-0.2, 0) is 0 Å². The molecule has 0 aliphatic rings. The van der Waals surface area contributed by atoms with Gasteiger partial charge in [0.25, 0.3) is 0 Å². The Morgan fingerprint density at radius 3 is 2.65 bits per heavy atom. The summed E-state index contributed by atoms with van der Waals surface area (Å²) in [7, 11) is 0. The molecule has 1 rings (SSSR count). The maximum Gasteiger partial charge on any atom is 0.128 e. The van der Waals surface area contributed by atoms with Crippen molar-refractivity contribution in [3.8, 4) is 0 Å². The fourth-order valence-electron chi connectivity index (χ4n) is 1.60. The number of benzene rings is 1. The zero-order chi connectivity index (χ0) is 13.1. The van der Waals surface area contributed by atoms with Gasteiger partial charge in [-0.15, -0.1) is 0 Å². The van der Waals surface area contributed by atoms with E-state index >= 15 is 0 Å². The quantitative estimate of drug-likeness (QED) is 0.847. The summed E-state index contributed by atoms with van der Waals surface area (Å²) < 4.78 is 13.4. The van der Waals surface area contributed by atoms with Gasteiger partial charge in [-0.2, -0.15) is 0 Å². The van der Waals surface area contributed by atoms with E-state index < -0.39 is 0 Å². The predicted octanol–water partition coefficient (Wildman–Crippen LogP) is 3.57. The predicted molar refractivity (Wildman–Crippen MR) is 72.1 cm³/mol. The first kappa shape index (κ1) is 14.3. The Morgan fingerprint density at radius 1 is 1.41 bits per heavy atom. The first-order valence-corrected chi connectivity index (χ1v) is 6.13. The van der Waals surface area contributed by atoms with E-state index in [0.29, 0.717) is 29.4 Å². The van der Waals surface area contributed by atoms with E-state index in [1.54, 1.807) is 13.0 Å². The molecule has 0 atom stereocenters. The van der Waals surface area contributed by atoms with Gasteiger partial charge in [0.05, 0.1) is 10.7 Å². The third-order valence-electron chi connectivity index (χ3n) is 2.83. The molecule has 0 radical (unpaired) electrons. The zero-order valence-corrected chi connectivity index (χ0v) is 11.4. The molecule has 17 heavy (non-hydrogen) atoms. The molecule has 0 unspecified atom stereocenters. The van der Waals surface area contributed by atoms with Gasteiger partial charge < -0.3 is 11.1 Å². The van der Waals surface area contributed by atoms with Crippen LogP contribution in [0, 0.1) is 18.2 Å². The van der Waals surface area contributed by atoms with E-state index in [9.17, 15) is 4.39 Å². The van der Waals surface area contributed by atoms with Crippen LogP contribution in [0.1, 0.15) is 25.8 Å². The highest BCUT2D eigenvalue weighted by atomic mass is 35.5. The van der Waals surface area contributed by atoms with Crippen LogP contribution in [0.5, 0.6) is 0 Å². The molecule has 0 aliphatic carbocycles. The Morgan fingerprint density at radius 2 is 2.06 bits per heavy atom. The Balaban J connectivity index is 2.73. The maximum atomic E-state index is 13.4. The molecule has 4 heteroatoms. The highest BCUT2D eigenvalue weighted by Gasteiger charge is 2.17. The summed E-state index contributed by atoms with van der Waals surface area (Å²) in [6.07, 6.45) is 0.909. The van der Waals surface area contributed by atoms with Crippen molar-refractivity contribution in [1.82, 2.24) is 0 Å². The molecule has 96 valence electrons. The third-order valence-corrected chi connectivity index (χ3v) is 3.14. The molecule has 0 aliphatic heterocycles. The van der Waals surface area contributed by atoms with Gasteiger partial charge in [0.2, 0.25) is 0 Å². The summed E-state index contributed by atoms with van der Waals surface area (Å²) in [5, 5.41) is 3.73. The normalized spacial score (nSPS) is 11.6. The van der Waals surface area contributed by atoms with Crippen LogP contribution in [0.2, 0.25) is 5.02 Å². The molecule has 2 nitrogen and oxygen atoms in total. The van der Waals surface area contributed by atoms with E-state index in [2.05, 4.69) is 19.2 Å². The first-order valence-electron chi connectivity index (χ1n) is 5.75. The summed E-state index contributed by atoms with van der Waals surface area (Å²) in [5.74, 6) is -0.242. The van der Waals surface area contributed by atoms with Crippen molar-refractivity contribution < 1.29 is 4.39 Å². The summed E-state index contributed by atoms with van der Waals surface area (Å²) in [4.78, 5) is 0. The van der Waals surface area contributed by atoms with Crippen molar-refractivity contribution in [2.45, 2.75) is 27.2 Å². The molecular formula is C13H20ClFN2. The Labute approximate surface area is 107 Å². The molecule has 3 N–H and O–H groups in total. The average molecular weight is 259 g/mol. The molecule has 0 aromatic heterocycles. The lowest BCUT2D eigenvalue weighted by molar-refractivity contribution is 0.365. The number of anilines is 1. The number of nitrogens with two attached hydrogens (primary N) is 1. The zero-order valence-electron chi connectivity index (χ0n) is 10.6. The largest absolute Gasteiger partial charge is 0.383 e. The Hall–Kier alpha value is -0.800. The van der Waals surface area contributed by atoms with E-state index in [-0.39, 0.29) is 11.2 Å². The minimum atomic E-state index is -0.242. The van der Waals surface area contributed by atoms with Gasteiger partial charge in [-0.3, -0.25) is 0 Å². The Kier molecular flexibility index (Phi) is 4.78. The standard InChI is InChI=1S/C13H20ClFN2/c1-9-6-10(14)12(7-11(9)15)17-8-13(2,3)4-5-16/h6-7,17H,4-5,8,16H2,1-3H3. The average Bonchev–Trinajstić information content (AvgIpc) is 2.21. The van der Waals surface area contributed by atoms with Crippen LogP contribution in [0.4, 0.5) is 10.1 Å².